The summed E-state index contributed by atoms with van der Waals surface area (Å²) in [6, 6.07) is 4.65. The van der Waals surface area contributed by atoms with Gasteiger partial charge < -0.3 is 4.90 Å². The summed E-state index contributed by atoms with van der Waals surface area (Å²) in [5, 5.41) is 9.08. The molecule has 7 heteroatoms. The van der Waals surface area contributed by atoms with Crippen LogP contribution < -0.4 is 4.90 Å². The molecule has 4 nitrogen and oxygen atoms in total. The van der Waals surface area contributed by atoms with E-state index in [1.165, 1.54) is 18.9 Å². The molecule has 0 spiro atoms. The molecule has 112 valence electrons. The van der Waals surface area contributed by atoms with Crippen molar-refractivity contribution in [2.24, 2.45) is 0 Å². The fraction of sp³-hybridized carbons (Fsp3) is 0.571. The van der Waals surface area contributed by atoms with Crippen molar-refractivity contribution in [1.29, 1.82) is 5.26 Å². The molecule has 0 atom stereocenters. The van der Waals surface area contributed by atoms with Gasteiger partial charge in [-0.1, -0.05) is 0 Å². The Hall–Kier alpha value is -1.81. The van der Waals surface area contributed by atoms with Crippen LogP contribution in [-0.4, -0.2) is 42.1 Å². The molecule has 0 unspecified atom stereocenters. The lowest BCUT2D eigenvalue weighted by atomic mass is 10.2. The highest BCUT2D eigenvalue weighted by Crippen LogP contribution is 2.32. The average Bonchev–Trinajstić information content (AvgIpc) is 3.30. The van der Waals surface area contributed by atoms with E-state index in [1.807, 2.05) is 6.07 Å². The molecule has 1 saturated carbocycles. The number of pyridine rings is 1. The first-order chi connectivity index (χ1) is 9.99. The normalized spacial score (nSPS) is 20.4. The number of hydrogen-bond acceptors (Lipinski definition) is 4. The summed E-state index contributed by atoms with van der Waals surface area (Å²) in [6.45, 7) is 2.85. The summed E-state index contributed by atoms with van der Waals surface area (Å²) < 4.78 is 38.3. The maximum Gasteiger partial charge on any atom is 0.433 e. The van der Waals surface area contributed by atoms with E-state index in [2.05, 4.69) is 9.88 Å². The fourth-order valence-corrected chi connectivity index (χ4v) is 2.67. The molecule has 1 saturated heterocycles. The lowest BCUT2D eigenvalue weighted by Gasteiger charge is -2.36. The highest BCUT2D eigenvalue weighted by Gasteiger charge is 2.35. The van der Waals surface area contributed by atoms with Crippen LogP contribution in [0.3, 0.4) is 0 Å². The Morgan fingerprint density at radius 2 is 1.81 bits per heavy atom. The predicted octanol–water partition coefficient (Wildman–Crippen LogP) is 2.26. The summed E-state index contributed by atoms with van der Waals surface area (Å²) in [5.41, 5.74) is -0.746. The van der Waals surface area contributed by atoms with E-state index in [0.717, 1.165) is 19.2 Å². The predicted molar refractivity (Wildman–Crippen MR) is 70.8 cm³/mol. The highest BCUT2D eigenvalue weighted by atomic mass is 19.4. The molecule has 21 heavy (non-hydrogen) atoms. The second-order valence-corrected chi connectivity index (χ2v) is 5.43. The Bertz CT molecular complexity index is 567. The third-order valence-corrected chi connectivity index (χ3v) is 3.96. The van der Waals surface area contributed by atoms with E-state index in [-0.39, 0.29) is 11.4 Å². The van der Waals surface area contributed by atoms with E-state index in [9.17, 15) is 13.2 Å². The molecule has 2 heterocycles. The summed E-state index contributed by atoms with van der Waals surface area (Å²) in [5.74, 6) is 0.155. The zero-order valence-electron chi connectivity index (χ0n) is 11.4. The zero-order chi connectivity index (χ0) is 15.0. The summed E-state index contributed by atoms with van der Waals surface area (Å²) in [4.78, 5) is 7.83. The molecular formula is C14H15F3N4. The molecule has 0 N–H and O–H groups in total. The van der Waals surface area contributed by atoms with Crippen molar-refractivity contribution in [1.82, 2.24) is 9.88 Å². The number of nitrogens with zero attached hydrogens (tertiary/aromatic N) is 4. The first-order valence-corrected chi connectivity index (χ1v) is 6.96. The monoisotopic (exact) mass is 296 g/mol. The van der Waals surface area contributed by atoms with E-state index in [1.54, 1.807) is 4.90 Å². The summed E-state index contributed by atoms with van der Waals surface area (Å²) in [6.07, 6.45) is -2.06. The van der Waals surface area contributed by atoms with Crippen molar-refractivity contribution in [2.75, 3.05) is 31.1 Å². The van der Waals surface area contributed by atoms with Gasteiger partial charge in [0.25, 0.3) is 0 Å². The van der Waals surface area contributed by atoms with Gasteiger partial charge in [-0.3, -0.25) is 4.90 Å². The average molecular weight is 296 g/mol. The molecule has 0 aromatic carbocycles. The lowest BCUT2D eigenvalue weighted by molar-refractivity contribution is -0.141. The van der Waals surface area contributed by atoms with E-state index >= 15 is 0 Å². The second-order valence-electron chi connectivity index (χ2n) is 5.43. The number of anilines is 1. The van der Waals surface area contributed by atoms with Crippen molar-refractivity contribution < 1.29 is 13.2 Å². The van der Waals surface area contributed by atoms with Crippen LogP contribution in [0.1, 0.15) is 24.1 Å². The lowest BCUT2D eigenvalue weighted by Crippen LogP contribution is -2.47. The zero-order valence-corrected chi connectivity index (χ0v) is 11.4. The fourth-order valence-electron chi connectivity index (χ4n) is 2.67. The number of piperazine rings is 1. The molecule has 0 amide bonds. The van der Waals surface area contributed by atoms with Crippen LogP contribution in [0.4, 0.5) is 19.0 Å². The molecule has 1 aromatic rings. The number of halogens is 3. The minimum absolute atomic E-state index is 0.155. The van der Waals surface area contributed by atoms with Gasteiger partial charge in [-0.05, 0) is 25.0 Å². The minimum atomic E-state index is -4.49. The first-order valence-electron chi connectivity index (χ1n) is 6.96. The molecule has 0 bridgehead atoms. The van der Waals surface area contributed by atoms with Gasteiger partial charge in [0.1, 0.15) is 17.6 Å². The van der Waals surface area contributed by atoms with Gasteiger partial charge in [0, 0.05) is 32.2 Å². The standard InChI is InChI=1S/C14H15F3N4/c15-14(16,17)12-4-1-10(9-18)13(19-12)21-7-5-20(6-8-21)11-2-3-11/h1,4,11H,2-3,5-8H2. The van der Waals surface area contributed by atoms with Crippen LogP contribution >= 0.6 is 0 Å². The number of nitriles is 1. The van der Waals surface area contributed by atoms with Crippen LogP contribution in [0.15, 0.2) is 12.1 Å². The second kappa shape index (κ2) is 5.19. The Kier molecular flexibility index (Phi) is 3.49. The van der Waals surface area contributed by atoms with Gasteiger partial charge >= 0.3 is 6.18 Å². The number of aromatic nitrogens is 1. The number of hydrogen-bond donors (Lipinski definition) is 0. The van der Waals surface area contributed by atoms with Crippen molar-refractivity contribution in [3.63, 3.8) is 0 Å². The van der Waals surface area contributed by atoms with E-state index in [0.29, 0.717) is 19.1 Å². The first kappa shape index (κ1) is 14.1. The Labute approximate surface area is 120 Å². The minimum Gasteiger partial charge on any atom is -0.353 e. The van der Waals surface area contributed by atoms with Gasteiger partial charge in [-0.2, -0.15) is 18.4 Å². The third kappa shape index (κ3) is 2.95. The highest BCUT2D eigenvalue weighted by molar-refractivity contribution is 5.55. The van der Waals surface area contributed by atoms with Crippen LogP contribution in [0.25, 0.3) is 0 Å². The van der Waals surface area contributed by atoms with Crippen LogP contribution in [0.5, 0.6) is 0 Å². The molecule has 1 aliphatic heterocycles. The maximum absolute atomic E-state index is 12.8. The quantitative estimate of drug-likeness (QED) is 0.839. The van der Waals surface area contributed by atoms with Gasteiger partial charge in [0.15, 0.2) is 0 Å². The topological polar surface area (TPSA) is 43.2 Å². The molecule has 2 fully saturated rings. The molecule has 3 rings (SSSR count). The van der Waals surface area contributed by atoms with E-state index in [4.69, 9.17) is 5.26 Å². The van der Waals surface area contributed by atoms with Crippen molar-refractivity contribution in [3.05, 3.63) is 23.4 Å². The van der Waals surface area contributed by atoms with Crippen molar-refractivity contribution in [3.8, 4) is 6.07 Å². The van der Waals surface area contributed by atoms with Crippen LogP contribution in [0, 0.1) is 11.3 Å². The van der Waals surface area contributed by atoms with Crippen LogP contribution in [-0.2, 0) is 6.18 Å². The van der Waals surface area contributed by atoms with Crippen LogP contribution in [0.2, 0.25) is 0 Å². The molecule has 1 aliphatic carbocycles. The molecular weight excluding hydrogens is 281 g/mol. The van der Waals surface area contributed by atoms with Gasteiger partial charge in [-0.15, -0.1) is 0 Å². The third-order valence-electron chi connectivity index (χ3n) is 3.96. The van der Waals surface area contributed by atoms with E-state index < -0.39 is 11.9 Å². The van der Waals surface area contributed by atoms with Crippen molar-refractivity contribution in [2.45, 2.75) is 25.1 Å². The Balaban J connectivity index is 1.81. The SMILES string of the molecule is N#Cc1ccc(C(F)(F)F)nc1N1CCN(C2CC2)CC1. The van der Waals surface area contributed by atoms with Gasteiger partial charge in [0.05, 0.1) is 5.56 Å². The van der Waals surface area contributed by atoms with Gasteiger partial charge in [0.2, 0.25) is 0 Å². The Morgan fingerprint density at radius 1 is 1.14 bits per heavy atom. The summed E-state index contributed by atoms with van der Waals surface area (Å²) >= 11 is 0. The Morgan fingerprint density at radius 3 is 2.33 bits per heavy atom. The van der Waals surface area contributed by atoms with Gasteiger partial charge in [-0.25, -0.2) is 4.98 Å². The largest absolute Gasteiger partial charge is 0.433 e. The molecule has 1 aromatic heterocycles. The summed E-state index contributed by atoms with van der Waals surface area (Å²) in [7, 11) is 0. The maximum atomic E-state index is 12.8. The number of rotatable bonds is 2. The van der Waals surface area contributed by atoms with Crippen molar-refractivity contribution >= 4 is 5.82 Å². The molecule has 2 aliphatic rings. The number of alkyl halides is 3. The smallest absolute Gasteiger partial charge is 0.353 e. The molecule has 0 radical (unpaired) electrons.